The summed E-state index contributed by atoms with van der Waals surface area (Å²) >= 11 is 0. The third-order valence-electron chi connectivity index (χ3n) is 8.71. The Hall–Kier alpha value is -3.62. The van der Waals surface area contributed by atoms with Gasteiger partial charge in [0.25, 0.3) is 15.9 Å². The van der Waals surface area contributed by atoms with Gasteiger partial charge in [0.15, 0.2) is 5.82 Å². The Morgan fingerprint density at radius 2 is 1.88 bits per heavy atom. The van der Waals surface area contributed by atoms with Crippen molar-refractivity contribution in [1.82, 2.24) is 29.3 Å². The Morgan fingerprint density at radius 1 is 1.14 bits per heavy atom. The molecule has 2 aliphatic heterocycles. The molecular formula is C27H32F3N7O4S. The van der Waals surface area contributed by atoms with E-state index < -0.39 is 33.1 Å². The van der Waals surface area contributed by atoms with Crippen molar-refractivity contribution >= 4 is 21.7 Å². The van der Waals surface area contributed by atoms with Gasteiger partial charge in [-0.3, -0.25) is 9.48 Å². The number of anilines is 1. The standard InChI is InChI=1S/C27H32F3N7O4S/c1-24(2)15-25(3)13-18-19(14-31-35(18)4)42(39,40)34-23(38)17-5-6-20(32-22(17)36(24)16-25)37-11-7-21(33-37)41-12-10-26(8-9-26)27(28,29)30/h5-7,11,14H,8-10,12-13,15-16H2,1-4H3,(H,34,38)/t25-/m1/s1. The molecule has 1 aliphatic carbocycles. The van der Waals surface area contributed by atoms with E-state index in [4.69, 9.17) is 9.72 Å². The number of carbonyl (C=O) groups is 1. The van der Waals surface area contributed by atoms with Crippen LogP contribution in [0.2, 0.25) is 0 Å². The third kappa shape index (κ3) is 4.80. The summed E-state index contributed by atoms with van der Waals surface area (Å²) in [5.74, 6) is -0.0410. The Labute approximate surface area is 241 Å². The van der Waals surface area contributed by atoms with Crippen molar-refractivity contribution in [2.75, 3.05) is 18.1 Å². The average Bonchev–Trinajstić information content (AvgIpc) is 3.28. The Bertz CT molecular complexity index is 1680. The molecule has 0 spiro atoms. The van der Waals surface area contributed by atoms with Crippen molar-refractivity contribution in [1.29, 1.82) is 0 Å². The van der Waals surface area contributed by atoms with Crippen molar-refractivity contribution in [3.63, 3.8) is 0 Å². The second-order valence-corrected chi connectivity index (χ2v) is 14.2. The monoisotopic (exact) mass is 607 g/mol. The normalized spacial score (nSPS) is 23.9. The fourth-order valence-corrected chi connectivity index (χ4v) is 7.58. The maximum Gasteiger partial charge on any atom is 0.394 e. The molecule has 0 radical (unpaired) electrons. The van der Waals surface area contributed by atoms with Gasteiger partial charge in [-0.25, -0.2) is 22.8 Å². The van der Waals surface area contributed by atoms with E-state index in [2.05, 4.69) is 21.8 Å². The van der Waals surface area contributed by atoms with E-state index in [9.17, 15) is 26.4 Å². The number of pyridine rings is 1. The molecule has 1 N–H and O–H groups in total. The quantitative estimate of drug-likeness (QED) is 0.465. The Kier molecular flexibility index (Phi) is 6.23. The summed E-state index contributed by atoms with van der Waals surface area (Å²) in [6, 6.07) is 4.56. The topological polar surface area (TPSA) is 124 Å². The number of hydrogen-bond donors (Lipinski definition) is 1. The molecule has 226 valence electrons. The van der Waals surface area contributed by atoms with E-state index in [0.29, 0.717) is 36.7 Å². The lowest BCUT2D eigenvalue weighted by Crippen LogP contribution is -2.41. The molecule has 3 aromatic rings. The van der Waals surface area contributed by atoms with Gasteiger partial charge in [0.1, 0.15) is 10.7 Å². The predicted molar refractivity (Wildman–Crippen MR) is 145 cm³/mol. The highest BCUT2D eigenvalue weighted by Crippen LogP contribution is 2.59. The summed E-state index contributed by atoms with van der Waals surface area (Å²) in [6.07, 6.45) is -0.233. The smallest absolute Gasteiger partial charge is 0.394 e. The maximum absolute atomic E-state index is 13.5. The minimum Gasteiger partial charge on any atom is -0.477 e. The van der Waals surface area contributed by atoms with Gasteiger partial charge in [-0.05, 0) is 63.5 Å². The van der Waals surface area contributed by atoms with Crippen LogP contribution in [-0.4, -0.2) is 63.7 Å². The molecule has 0 unspecified atom stereocenters. The summed E-state index contributed by atoms with van der Waals surface area (Å²) in [4.78, 5) is 20.2. The Morgan fingerprint density at radius 3 is 2.57 bits per heavy atom. The van der Waals surface area contributed by atoms with E-state index in [-0.39, 0.29) is 47.6 Å². The molecule has 1 atom stereocenters. The van der Waals surface area contributed by atoms with Crippen molar-refractivity contribution in [2.45, 2.75) is 69.5 Å². The van der Waals surface area contributed by atoms with E-state index in [0.717, 1.165) is 0 Å². The molecule has 3 aromatic heterocycles. The lowest BCUT2D eigenvalue weighted by molar-refractivity contribution is -0.190. The van der Waals surface area contributed by atoms with Crippen molar-refractivity contribution in [3.8, 4) is 11.7 Å². The minimum atomic E-state index is -4.25. The molecule has 1 saturated heterocycles. The van der Waals surface area contributed by atoms with Crippen LogP contribution >= 0.6 is 0 Å². The van der Waals surface area contributed by atoms with Crippen LogP contribution in [0.25, 0.3) is 5.82 Å². The van der Waals surface area contributed by atoms with Gasteiger partial charge in [-0.15, -0.1) is 5.10 Å². The lowest BCUT2D eigenvalue weighted by Gasteiger charge is -2.33. The fraction of sp³-hybridized carbons (Fsp3) is 0.556. The zero-order chi connectivity index (χ0) is 30.3. The number of amides is 1. The van der Waals surface area contributed by atoms with Crippen molar-refractivity contribution in [2.24, 2.45) is 17.9 Å². The van der Waals surface area contributed by atoms with E-state index in [1.54, 1.807) is 13.2 Å². The summed E-state index contributed by atoms with van der Waals surface area (Å²) in [7, 11) is -2.54. The first-order valence-corrected chi connectivity index (χ1v) is 15.1. The number of halogens is 3. The number of rotatable bonds is 5. The number of hydrogen-bond acceptors (Lipinski definition) is 8. The summed E-state index contributed by atoms with van der Waals surface area (Å²) in [6.45, 7) is 6.55. The van der Waals surface area contributed by atoms with Crippen LogP contribution in [0.4, 0.5) is 19.0 Å². The summed E-state index contributed by atoms with van der Waals surface area (Å²) < 4.78 is 76.9. The number of aryl methyl sites for hydroxylation is 1. The molecule has 2 fully saturated rings. The molecule has 0 aromatic carbocycles. The van der Waals surface area contributed by atoms with Gasteiger partial charge in [-0.2, -0.15) is 18.3 Å². The third-order valence-corrected chi connectivity index (χ3v) is 10.1. The molecule has 3 aliphatic rings. The number of nitrogens with zero attached hydrogens (tertiary/aromatic N) is 6. The fourth-order valence-electron chi connectivity index (χ4n) is 6.41. The first kappa shape index (κ1) is 28.5. The van der Waals surface area contributed by atoms with Gasteiger partial charge in [0, 0.05) is 31.4 Å². The zero-order valence-electron chi connectivity index (χ0n) is 23.7. The average molecular weight is 608 g/mol. The molecule has 5 heterocycles. The van der Waals surface area contributed by atoms with Crippen LogP contribution in [0.15, 0.2) is 35.5 Å². The molecule has 2 bridgehead atoms. The SMILES string of the molecule is Cn1ncc2c1C[C@@]1(C)CN(c3nc(-n4ccc(OCCC5(C(F)(F)F)CC5)n4)ccc3C(=O)NS2(=O)=O)C(C)(C)C1. The largest absolute Gasteiger partial charge is 0.477 e. The number of aromatic nitrogens is 5. The highest BCUT2D eigenvalue weighted by molar-refractivity contribution is 7.90. The highest BCUT2D eigenvalue weighted by atomic mass is 32.2. The predicted octanol–water partition coefficient (Wildman–Crippen LogP) is 3.78. The maximum atomic E-state index is 13.5. The van der Waals surface area contributed by atoms with Crippen LogP contribution in [0.5, 0.6) is 5.88 Å². The van der Waals surface area contributed by atoms with E-state index >= 15 is 0 Å². The second kappa shape index (κ2) is 9.19. The number of carbonyl (C=O) groups excluding carboxylic acids is 1. The van der Waals surface area contributed by atoms with Crippen molar-refractivity contribution in [3.05, 3.63) is 41.9 Å². The minimum absolute atomic E-state index is 0.0317. The first-order chi connectivity index (χ1) is 19.5. The first-order valence-electron chi connectivity index (χ1n) is 13.7. The van der Waals surface area contributed by atoms with Crippen LogP contribution < -0.4 is 14.4 Å². The second-order valence-electron chi connectivity index (χ2n) is 12.6. The number of fused-ring (bicyclic) bond motifs is 5. The van der Waals surface area contributed by atoms with E-state index in [1.807, 2.05) is 18.7 Å². The number of alkyl halides is 3. The molecule has 1 amide bonds. The molecule has 6 rings (SSSR count). The highest BCUT2D eigenvalue weighted by Gasteiger charge is 2.62. The lowest BCUT2D eigenvalue weighted by atomic mass is 9.80. The molecule has 42 heavy (non-hydrogen) atoms. The molecule has 15 heteroatoms. The zero-order valence-corrected chi connectivity index (χ0v) is 24.5. The number of nitrogens with one attached hydrogen (secondary N) is 1. The van der Waals surface area contributed by atoms with Gasteiger partial charge < -0.3 is 9.64 Å². The Balaban J connectivity index is 1.33. The van der Waals surface area contributed by atoms with Crippen LogP contribution in [0, 0.1) is 10.8 Å². The van der Waals surface area contributed by atoms with Crippen LogP contribution in [0.3, 0.4) is 0 Å². The summed E-state index contributed by atoms with van der Waals surface area (Å²) in [5.41, 5.74) is -1.88. The number of sulfonamides is 1. The number of ether oxygens (including phenoxy) is 1. The van der Waals surface area contributed by atoms with Crippen molar-refractivity contribution < 1.29 is 31.1 Å². The van der Waals surface area contributed by atoms with Gasteiger partial charge >= 0.3 is 6.18 Å². The van der Waals surface area contributed by atoms with Crippen LogP contribution in [-0.2, 0) is 23.5 Å². The van der Waals surface area contributed by atoms with Gasteiger partial charge in [0.2, 0.25) is 5.88 Å². The summed E-state index contributed by atoms with van der Waals surface area (Å²) in [5, 5.41) is 8.49. The molecule has 1 saturated carbocycles. The van der Waals surface area contributed by atoms with Gasteiger partial charge in [0.05, 0.1) is 29.5 Å². The van der Waals surface area contributed by atoms with Gasteiger partial charge in [-0.1, -0.05) is 6.92 Å². The van der Waals surface area contributed by atoms with Crippen LogP contribution in [0.1, 0.15) is 62.5 Å². The molecular weight excluding hydrogens is 575 g/mol. The molecule has 11 nitrogen and oxygen atoms in total. The van der Waals surface area contributed by atoms with E-state index in [1.165, 1.54) is 33.8 Å².